The van der Waals surface area contributed by atoms with E-state index in [2.05, 4.69) is 25.8 Å². The number of hydrogen-bond acceptors (Lipinski definition) is 1. The summed E-state index contributed by atoms with van der Waals surface area (Å²) in [4.78, 5) is 13.5. The molecule has 1 atom stereocenters. The van der Waals surface area contributed by atoms with Crippen LogP contribution in [0, 0.1) is 0 Å². The summed E-state index contributed by atoms with van der Waals surface area (Å²) in [6.45, 7) is 11.6. The largest absolute Gasteiger partial charge is 0.331 e. The highest BCUT2D eigenvalue weighted by molar-refractivity contribution is 5.87. The van der Waals surface area contributed by atoms with Crippen molar-refractivity contribution >= 4 is 5.91 Å². The van der Waals surface area contributed by atoms with Crippen molar-refractivity contribution in [2.75, 3.05) is 6.54 Å². The summed E-state index contributed by atoms with van der Waals surface area (Å²) in [5.74, 6) is -0.0192. The van der Waals surface area contributed by atoms with Crippen molar-refractivity contribution in [2.24, 2.45) is 0 Å². The maximum atomic E-state index is 11.6. The van der Waals surface area contributed by atoms with Crippen LogP contribution in [0.1, 0.15) is 12.8 Å². The second-order valence-electron chi connectivity index (χ2n) is 3.57. The Morgan fingerprint density at radius 2 is 2.27 bits per heavy atom. The molecule has 0 spiro atoms. The Bertz CT molecular complexity index is 314. The molecule has 0 saturated heterocycles. The van der Waals surface area contributed by atoms with Gasteiger partial charge < -0.3 is 4.90 Å². The Kier molecular flexibility index (Phi) is 4.10. The Hall–Kier alpha value is -1.57. The Morgan fingerprint density at radius 1 is 1.53 bits per heavy atom. The summed E-state index contributed by atoms with van der Waals surface area (Å²) in [5, 5.41) is 0. The smallest absolute Gasteiger partial charge is 0.246 e. The average molecular weight is 203 g/mol. The van der Waals surface area contributed by atoms with Gasteiger partial charge in [-0.3, -0.25) is 4.79 Å². The average Bonchev–Trinajstić information content (AvgIpc) is 2.29. The third kappa shape index (κ3) is 2.69. The minimum atomic E-state index is -0.0192. The fourth-order valence-electron chi connectivity index (χ4n) is 1.74. The first-order chi connectivity index (χ1) is 7.22. The van der Waals surface area contributed by atoms with Gasteiger partial charge in [0.2, 0.25) is 5.91 Å². The molecule has 1 aliphatic rings. The van der Waals surface area contributed by atoms with Crippen LogP contribution in [0.25, 0.3) is 0 Å². The molecule has 0 fully saturated rings. The Labute approximate surface area is 91.3 Å². The molecule has 1 heterocycles. The molecule has 0 aromatic heterocycles. The van der Waals surface area contributed by atoms with Gasteiger partial charge in [0.05, 0.1) is 0 Å². The molecule has 0 bridgehead atoms. The molecule has 15 heavy (non-hydrogen) atoms. The van der Waals surface area contributed by atoms with Gasteiger partial charge in [-0.1, -0.05) is 31.4 Å². The van der Waals surface area contributed by atoms with Gasteiger partial charge in [-0.05, 0) is 24.5 Å². The monoisotopic (exact) mass is 203 g/mol. The Balaban J connectivity index is 2.82. The van der Waals surface area contributed by atoms with Gasteiger partial charge in [-0.2, -0.15) is 0 Å². The molecule has 2 heteroatoms. The summed E-state index contributed by atoms with van der Waals surface area (Å²) < 4.78 is 0. The van der Waals surface area contributed by atoms with E-state index in [1.165, 1.54) is 6.08 Å². The first kappa shape index (κ1) is 11.5. The van der Waals surface area contributed by atoms with E-state index in [0.717, 1.165) is 18.4 Å². The number of carbonyl (C=O) groups is 1. The lowest BCUT2D eigenvalue weighted by Crippen LogP contribution is -2.42. The van der Waals surface area contributed by atoms with E-state index < -0.39 is 0 Å². The molecule has 80 valence electrons. The molecule has 0 saturated carbocycles. The summed E-state index contributed by atoms with van der Waals surface area (Å²) in [7, 11) is 0. The number of hydrogen-bond donors (Lipinski definition) is 0. The standard InChI is InChI=1S/C13H17NO/c1-4-7-12-9-8-11(5-2)10-14(12)13(15)6-3/h4-6,8,12H,1-3,7,9-10H2. The molecule has 0 radical (unpaired) electrons. The van der Waals surface area contributed by atoms with Crippen LogP contribution in [0.5, 0.6) is 0 Å². The quantitative estimate of drug-likeness (QED) is 0.507. The second kappa shape index (κ2) is 5.35. The fourth-order valence-corrected chi connectivity index (χ4v) is 1.74. The summed E-state index contributed by atoms with van der Waals surface area (Å²) in [6, 6.07) is 0.219. The van der Waals surface area contributed by atoms with Crippen LogP contribution < -0.4 is 0 Å². The van der Waals surface area contributed by atoms with Crippen molar-refractivity contribution < 1.29 is 4.79 Å². The van der Waals surface area contributed by atoms with Gasteiger partial charge in [0.1, 0.15) is 0 Å². The van der Waals surface area contributed by atoms with Crippen molar-refractivity contribution in [3.8, 4) is 0 Å². The number of rotatable bonds is 4. The Morgan fingerprint density at radius 3 is 2.80 bits per heavy atom. The molecule has 0 aromatic rings. The van der Waals surface area contributed by atoms with Gasteiger partial charge in [0, 0.05) is 12.6 Å². The van der Waals surface area contributed by atoms with Crippen LogP contribution in [0.15, 0.2) is 49.6 Å². The molecule has 1 amide bonds. The highest BCUT2D eigenvalue weighted by Gasteiger charge is 2.23. The van der Waals surface area contributed by atoms with Gasteiger partial charge in [-0.25, -0.2) is 0 Å². The number of nitrogens with zero attached hydrogens (tertiary/aromatic N) is 1. The van der Waals surface area contributed by atoms with Gasteiger partial charge in [0.15, 0.2) is 0 Å². The number of amides is 1. The van der Waals surface area contributed by atoms with Gasteiger partial charge >= 0.3 is 0 Å². The molecular formula is C13H17NO. The zero-order valence-electron chi connectivity index (χ0n) is 8.98. The van der Waals surface area contributed by atoms with Crippen LogP contribution in [-0.2, 0) is 4.79 Å². The van der Waals surface area contributed by atoms with E-state index in [9.17, 15) is 4.79 Å². The molecule has 0 aromatic carbocycles. The highest BCUT2D eigenvalue weighted by atomic mass is 16.2. The van der Waals surface area contributed by atoms with E-state index in [1.807, 2.05) is 11.0 Å². The zero-order chi connectivity index (χ0) is 11.3. The summed E-state index contributed by atoms with van der Waals surface area (Å²) >= 11 is 0. The van der Waals surface area contributed by atoms with Crippen LogP contribution in [0.3, 0.4) is 0 Å². The summed E-state index contributed by atoms with van der Waals surface area (Å²) in [5.41, 5.74) is 1.10. The second-order valence-corrected chi connectivity index (χ2v) is 3.57. The van der Waals surface area contributed by atoms with Crippen molar-refractivity contribution in [3.63, 3.8) is 0 Å². The maximum absolute atomic E-state index is 11.6. The fraction of sp³-hybridized carbons (Fsp3) is 0.308. The van der Waals surface area contributed by atoms with Gasteiger partial charge in [-0.15, -0.1) is 6.58 Å². The predicted molar refractivity (Wildman–Crippen MR) is 63.4 cm³/mol. The van der Waals surface area contributed by atoms with Crippen molar-refractivity contribution in [1.29, 1.82) is 0 Å². The lowest BCUT2D eigenvalue weighted by Gasteiger charge is -2.33. The summed E-state index contributed by atoms with van der Waals surface area (Å²) in [6.07, 6.45) is 8.83. The zero-order valence-corrected chi connectivity index (χ0v) is 8.98. The van der Waals surface area contributed by atoms with Crippen molar-refractivity contribution in [1.82, 2.24) is 4.90 Å². The highest BCUT2D eigenvalue weighted by Crippen LogP contribution is 2.20. The van der Waals surface area contributed by atoms with E-state index in [1.54, 1.807) is 6.08 Å². The van der Waals surface area contributed by atoms with Crippen LogP contribution in [0.4, 0.5) is 0 Å². The molecule has 1 unspecified atom stereocenters. The van der Waals surface area contributed by atoms with Crippen LogP contribution in [0.2, 0.25) is 0 Å². The molecule has 1 rings (SSSR count). The first-order valence-electron chi connectivity index (χ1n) is 5.08. The maximum Gasteiger partial charge on any atom is 0.246 e. The third-order valence-corrected chi connectivity index (χ3v) is 2.60. The molecule has 0 N–H and O–H groups in total. The van der Waals surface area contributed by atoms with Crippen LogP contribution >= 0.6 is 0 Å². The number of carbonyl (C=O) groups excluding carboxylic acids is 1. The van der Waals surface area contributed by atoms with E-state index in [-0.39, 0.29) is 11.9 Å². The minimum absolute atomic E-state index is 0.0192. The normalized spacial score (nSPS) is 20.4. The molecule has 1 aliphatic heterocycles. The van der Waals surface area contributed by atoms with E-state index in [0.29, 0.717) is 6.54 Å². The van der Waals surface area contributed by atoms with Crippen molar-refractivity contribution in [2.45, 2.75) is 18.9 Å². The molecular weight excluding hydrogens is 186 g/mol. The van der Waals surface area contributed by atoms with E-state index in [4.69, 9.17) is 0 Å². The van der Waals surface area contributed by atoms with Gasteiger partial charge in [0.25, 0.3) is 0 Å². The van der Waals surface area contributed by atoms with Crippen LogP contribution in [-0.4, -0.2) is 23.4 Å². The first-order valence-corrected chi connectivity index (χ1v) is 5.08. The molecule has 0 aliphatic carbocycles. The van der Waals surface area contributed by atoms with Crippen molar-refractivity contribution in [3.05, 3.63) is 49.6 Å². The lowest BCUT2D eigenvalue weighted by molar-refractivity contribution is -0.127. The third-order valence-electron chi connectivity index (χ3n) is 2.60. The topological polar surface area (TPSA) is 20.3 Å². The predicted octanol–water partition coefficient (Wildman–Crippen LogP) is 2.46. The minimum Gasteiger partial charge on any atom is -0.331 e. The molecule has 2 nitrogen and oxygen atoms in total. The lowest BCUT2D eigenvalue weighted by atomic mass is 10.00. The van der Waals surface area contributed by atoms with E-state index >= 15 is 0 Å². The SMILES string of the molecule is C=CCC1CC=C(C=C)CN1C(=O)C=C.